The molecule has 1 atom stereocenters. The second-order valence-electron chi connectivity index (χ2n) is 10.4. The second kappa shape index (κ2) is 14.1. The van der Waals surface area contributed by atoms with Crippen molar-refractivity contribution in [3.8, 4) is 0 Å². The summed E-state index contributed by atoms with van der Waals surface area (Å²) in [5.41, 5.74) is 3.26. The quantitative estimate of drug-likeness (QED) is 0.128. The number of carbonyl (C=O) groups excluding carboxylic acids is 3. The maximum absolute atomic E-state index is 14.0. The molecule has 5 aromatic rings. The highest BCUT2D eigenvalue weighted by Gasteiger charge is 2.31. The number of hydrogen-bond acceptors (Lipinski definition) is 5. The molecule has 228 valence electrons. The third-order valence-electron chi connectivity index (χ3n) is 7.14. The predicted molar refractivity (Wildman–Crippen MR) is 188 cm³/mol. The first-order valence-electron chi connectivity index (χ1n) is 14.5. The number of anilines is 3. The van der Waals surface area contributed by atoms with Crippen LogP contribution < -0.4 is 15.5 Å². The minimum atomic E-state index is -0.519. The highest BCUT2D eigenvalue weighted by Crippen LogP contribution is 2.48. The summed E-state index contributed by atoms with van der Waals surface area (Å²) < 4.78 is 0. The van der Waals surface area contributed by atoms with Crippen LogP contribution in [-0.4, -0.2) is 23.0 Å². The summed E-state index contributed by atoms with van der Waals surface area (Å²) in [6.45, 7) is 1.88. The summed E-state index contributed by atoms with van der Waals surface area (Å²) >= 11 is 9.43. The van der Waals surface area contributed by atoms with Gasteiger partial charge in [-0.1, -0.05) is 90.1 Å². The average Bonchev–Trinajstić information content (AvgIpc) is 3.08. The molecular formula is C37H28ClN3O3S2. The SMILES string of the molecule is CC(Sc1cccc(NC(=O)/C(=C/c2ccccc2Cl)NC(=O)c2ccccc2)c1)C(=O)N1c2ccccc2Sc2ccccc21. The lowest BCUT2D eigenvalue weighted by Crippen LogP contribution is -2.34. The van der Waals surface area contributed by atoms with E-state index in [-0.39, 0.29) is 11.6 Å². The molecule has 0 radical (unpaired) electrons. The van der Waals surface area contributed by atoms with E-state index in [1.165, 1.54) is 11.8 Å². The molecule has 1 unspecified atom stereocenters. The van der Waals surface area contributed by atoms with Gasteiger partial charge in [0.2, 0.25) is 5.91 Å². The predicted octanol–water partition coefficient (Wildman–Crippen LogP) is 9.06. The summed E-state index contributed by atoms with van der Waals surface area (Å²) in [6.07, 6.45) is 1.55. The molecule has 5 aromatic carbocycles. The van der Waals surface area contributed by atoms with Gasteiger partial charge in [0, 0.05) is 31.0 Å². The summed E-state index contributed by atoms with van der Waals surface area (Å²) in [4.78, 5) is 45.2. The Morgan fingerprint density at radius 3 is 2.11 bits per heavy atom. The zero-order valence-corrected chi connectivity index (χ0v) is 27.0. The molecule has 0 saturated heterocycles. The molecule has 0 saturated carbocycles. The molecule has 0 aliphatic carbocycles. The molecular weight excluding hydrogens is 634 g/mol. The Hall–Kier alpha value is -4.76. The molecule has 1 aliphatic heterocycles. The van der Waals surface area contributed by atoms with Crippen molar-refractivity contribution in [3.05, 3.63) is 149 Å². The van der Waals surface area contributed by atoms with Gasteiger partial charge in [-0.05, 0) is 79.2 Å². The first-order valence-corrected chi connectivity index (χ1v) is 16.6. The zero-order valence-electron chi connectivity index (χ0n) is 24.6. The van der Waals surface area contributed by atoms with Gasteiger partial charge in [-0.25, -0.2) is 0 Å². The number of fused-ring (bicyclic) bond motifs is 2. The number of nitrogens with one attached hydrogen (secondary N) is 2. The van der Waals surface area contributed by atoms with Crippen LogP contribution in [0, 0.1) is 0 Å². The largest absolute Gasteiger partial charge is 0.321 e. The Balaban J connectivity index is 1.21. The second-order valence-corrected chi connectivity index (χ2v) is 13.3. The van der Waals surface area contributed by atoms with Crippen LogP contribution in [-0.2, 0) is 9.59 Å². The van der Waals surface area contributed by atoms with E-state index in [1.54, 1.807) is 77.3 Å². The fraction of sp³-hybridized carbons (Fsp3) is 0.0541. The van der Waals surface area contributed by atoms with Crippen LogP contribution in [0.4, 0.5) is 17.1 Å². The van der Waals surface area contributed by atoms with Gasteiger partial charge in [-0.3, -0.25) is 19.3 Å². The lowest BCUT2D eigenvalue weighted by Gasteiger charge is -2.32. The van der Waals surface area contributed by atoms with Gasteiger partial charge < -0.3 is 10.6 Å². The molecule has 0 spiro atoms. The van der Waals surface area contributed by atoms with Crippen LogP contribution in [0.15, 0.2) is 148 Å². The number of nitrogens with zero attached hydrogens (tertiary/aromatic N) is 1. The summed E-state index contributed by atoms with van der Waals surface area (Å²) in [5.74, 6) is -0.993. The van der Waals surface area contributed by atoms with Crippen molar-refractivity contribution in [2.45, 2.75) is 26.9 Å². The van der Waals surface area contributed by atoms with Gasteiger partial charge in [0.05, 0.1) is 16.6 Å². The van der Waals surface area contributed by atoms with E-state index in [0.29, 0.717) is 21.8 Å². The number of carbonyl (C=O) groups is 3. The van der Waals surface area contributed by atoms with Gasteiger partial charge >= 0.3 is 0 Å². The number of para-hydroxylation sites is 2. The first kappa shape index (κ1) is 31.2. The molecule has 1 heterocycles. The van der Waals surface area contributed by atoms with Crippen LogP contribution in [0.25, 0.3) is 6.08 Å². The Labute approximate surface area is 280 Å². The van der Waals surface area contributed by atoms with Crippen LogP contribution in [0.5, 0.6) is 0 Å². The molecule has 0 fully saturated rings. The smallest absolute Gasteiger partial charge is 0.272 e. The standard InChI is InChI=1S/C37H28ClN3O3S2/c1-24(37(44)41-31-18-7-9-20-33(31)46-34-21-10-8-19-32(34)41)45-28-16-11-15-27(23-28)39-36(43)30(22-26-14-5-6-17-29(26)38)40-35(42)25-12-3-2-4-13-25/h2-24H,1H3,(H,39,43)(H,40,42)/b30-22-. The highest BCUT2D eigenvalue weighted by atomic mass is 35.5. The maximum Gasteiger partial charge on any atom is 0.272 e. The van der Waals surface area contributed by atoms with E-state index < -0.39 is 17.1 Å². The number of hydrogen-bond donors (Lipinski definition) is 2. The number of amides is 3. The summed E-state index contributed by atoms with van der Waals surface area (Å²) in [6, 6.07) is 38.8. The fourth-order valence-electron chi connectivity index (χ4n) is 4.91. The molecule has 6 nitrogen and oxygen atoms in total. The van der Waals surface area contributed by atoms with Gasteiger partial charge in [0.1, 0.15) is 5.70 Å². The zero-order chi connectivity index (χ0) is 32.0. The van der Waals surface area contributed by atoms with Crippen LogP contribution in [0.3, 0.4) is 0 Å². The number of thioether (sulfide) groups is 1. The van der Waals surface area contributed by atoms with Crippen LogP contribution in [0.1, 0.15) is 22.8 Å². The molecule has 9 heteroatoms. The lowest BCUT2D eigenvalue weighted by atomic mass is 10.1. The molecule has 1 aliphatic rings. The molecule has 0 aromatic heterocycles. The molecule has 6 rings (SSSR count). The lowest BCUT2D eigenvalue weighted by molar-refractivity contribution is -0.117. The van der Waals surface area contributed by atoms with Crippen LogP contribution in [0.2, 0.25) is 5.02 Å². The van der Waals surface area contributed by atoms with Crippen molar-refractivity contribution in [1.29, 1.82) is 0 Å². The van der Waals surface area contributed by atoms with Gasteiger partial charge in [0.15, 0.2) is 0 Å². The highest BCUT2D eigenvalue weighted by molar-refractivity contribution is 8.00. The molecule has 0 bridgehead atoms. The van der Waals surface area contributed by atoms with Crippen molar-refractivity contribution < 1.29 is 14.4 Å². The number of benzene rings is 5. The summed E-state index contributed by atoms with van der Waals surface area (Å²) in [7, 11) is 0. The van der Waals surface area contributed by atoms with E-state index in [9.17, 15) is 14.4 Å². The van der Waals surface area contributed by atoms with Gasteiger partial charge in [0.25, 0.3) is 11.8 Å². The minimum Gasteiger partial charge on any atom is -0.321 e. The number of halogens is 1. The van der Waals surface area contributed by atoms with E-state index in [4.69, 9.17) is 11.6 Å². The van der Waals surface area contributed by atoms with Crippen molar-refractivity contribution in [2.24, 2.45) is 0 Å². The monoisotopic (exact) mass is 661 g/mol. The van der Waals surface area contributed by atoms with E-state index in [1.807, 2.05) is 79.7 Å². The Morgan fingerprint density at radius 1 is 0.783 bits per heavy atom. The van der Waals surface area contributed by atoms with E-state index in [2.05, 4.69) is 10.6 Å². The Morgan fingerprint density at radius 2 is 1.41 bits per heavy atom. The van der Waals surface area contributed by atoms with Crippen molar-refractivity contribution >= 4 is 76.0 Å². The number of rotatable bonds is 8. The molecule has 2 N–H and O–H groups in total. The van der Waals surface area contributed by atoms with E-state index >= 15 is 0 Å². The molecule has 3 amide bonds. The first-order chi connectivity index (χ1) is 22.4. The minimum absolute atomic E-state index is 0.0313. The van der Waals surface area contributed by atoms with Crippen molar-refractivity contribution in [1.82, 2.24) is 5.32 Å². The Kier molecular flexibility index (Phi) is 9.59. The average molecular weight is 662 g/mol. The topological polar surface area (TPSA) is 78.5 Å². The van der Waals surface area contributed by atoms with Gasteiger partial charge in [-0.15, -0.1) is 11.8 Å². The van der Waals surface area contributed by atoms with Crippen molar-refractivity contribution in [3.63, 3.8) is 0 Å². The normalized spacial score (nSPS) is 12.8. The third-order valence-corrected chi connectivity index (χ3v) is 9.69. The fourth-order valence-corrected chi connectivity index (χ4v) is 7.13. The maximum atomic E-state index is 14.0. The third kappa shape index (κ3) is 7.05. The Bertz CT molecular complexity index is 1920. The summed E-state index contributed by atoms with van der Waals surface area (Å²) in [5, 5.41) is 5.64. The van der Waals surface area contributed by atoms with Crippen LogP contribution >= 0.6 is 35.1 Å². The van der Waals surface area contributed by atoms with Gasteiger partial charge in [-0.2, -0.15) is 0 Å². The van der Waals surface area contributed by atoms with Crippen molar-refractivity contribution in [2.75, 3.05) is 10.2 Å². The molecule has 46 heavy (non-hydrogen) atoms. The van der Waals surface area contributed by atoms with E-state index in [0.717, 1.165) is 26.1 Å².